The predicted octanol–water partition coefficient (Wildman–Crippen LogP) is 4.75. The van der Waals surface area contributed by atoms with Gasteiger partial charge < -0.3 is 19.4 Å². The molecule has 2 fully saturated rings. The number of rotatable bonds is 2. The summed E-state index contributed by atoms with van der Waals surface area (Å²) in [5.74, 6) is 1.76. The number of piperidine rings is 1. The van der Waals surface area contributed by atoms with E-state index in [1.165, 1.54) is 5.56 Å². The predicted molar refractivity (Wildman–Crippen MR) is 116 cm³/mol. The van der Waals surface area contributed by atoms with Crippen molar-refractivity contribution in [2.75, 3.05) is 19.7 Å². The smallest absolute Gasteiger partial charge is 0.410 e. The van der Waals surface area contributed by atoms with Gasteiger partial charge in [-0.1, -0.05) is 0 Å². The highest BCUT2D eigenvalue weighted by Crippen LogP contribution is 2.37. The molecule has 7 heteroatoms. The van der Waals surface area contributed by atoms with Crippen LogP contribution in [-0.2, 0) is 9.47 Å². The first-order chi connectivity index (χ1) is 14.1. The Morgan fingerprint density at radius 2 is 1.97 bits per heavy atom. The second-order valence-corrected chi connectivity index (χ2v) is 10.3. The van der Waals surface area contributed by atoms with Crippen LogP contribution >= 0.6 is 0 Å². The quantitative estimate of drug-likeness (QED) is 0.767. The number of nitrogens with zero attached hydrogens (tertiary/aromatic N) is 3. The molecule has 4 rings (SSSR count). The number of pyridine rings is 1. The van der Waals surface area contributed by atoms with Gasteiger partial charge in [-0.05, 0) is 77.8 Å². The van der Waals surface area contributed by atoms with Crippen molar-refractivity contribution in [1.29, 1.82) is 0 Å². The third kappa shape index (κ3) is 4.61. The van der Waals surface area contributed by atoms with Crippen molar-refractivity contribution in [1.82, 2.24) is 19.9 Å². The molecule has 4 heterocycles. The Balaban J connectivity index is 1.49. The molecule has 1 amide bonds. The van der Waals surface area contributed by atoms with Gasteiger partial charge >= 0.3 is 6.09 Å². The van der Waals surface area contributed by atoms with Crippen molar-refractivity contribution in [2.45, 2.75) is 83.3 Å². The van der Waals surface area contributed by atoms with E-state index in [-0.39, 0.29) is 11.7 Å². The van der Waals surface area contributed by atoms with E-state index in [1.54, 1.807) is 0 Å². The summed E-state index contributed by atoms with van der Waals surface area (Å²) in [6.07, 6.45) is 5.40. The number of aromatic nitrogens is 3. The molecule has 2 aliphatic rings. The van der Waals surface area contributed by atoms with Crippen LogP contribution in [0.4, 0.5) is 4.79 Å². The SMILES string of the molecule is CC(C)(C)OC(=O)N1CCC(c2ccnc3[nH]c([C@@H]4CCOC(C)(C)C4)nc23)CC1. The largest absolute Gasteiger partial charge is 0.444 e. The third-order valence-corrected chi connectivity index (χ3v) is 6.10. The molecule has 0 aromatic carbocycles. The second-order valence-electron chi connectivity index (χ2n) is 10.3. The monoisotopic (exact) mass is 414 g/mol. The molecule has 0 aliphatic carbocycles. The molecule has 1 N–H and O–H groups in total. The number of H-pyrrole nitrogens is 1. The van der Waals surface area contributed by atoms with Crippen LogP contribution in [0, 0.1) is 0 Å². The number of ether oxygens (including phenoxy) is 2. The Bertz CT molecular complexity index is 907. The van der Waals surface area contributed by atoms with E-state index >= 15 is 0 Å². The van der Waals surface area contributed by atoms with Crippen LogP contribution in [-0.4, -0.2) is 56.8 Å². The molecule has 2 aromatic rings. The average Bonchev–Trinajstić information content (AvgIpc) is 3.10. The van der Waals surface area contributed by atoms with Gasteiger partial charge in [0.15, 0.2) is 5.65 Å². The maximum Gasteiger partial charge on any atom is 0.410 e. The van der Waals surface area contributed by atoms with Crippen LogP contribution in [0.2, 0.25) is 0 Å². The average molecular weight is 415 g/mol. The number of hydrogen-bond acceptors (Lipinski definition) is 5. The van der Waals surface area contributed by atoms with E-state index < -0.39 is 5.60 Å². The summed E-state index contributed by atoms with van der Waals surface area (Å²) < 4.78 is 11.4. The third-order valence-electron chi connectivity index (χ3n) is 6.10. The van der Waals surface area contributed by atoms with Gasteiger partial charge in [0, 0.05) is 31.8 Å². The zero-order chi connectivity index (χ0) is 21.5. The van der Waals surface area contributed by atoms with Crippen molar-refractivity contribution < 1.29 is 14.3 Å². The van der Waals surface area contributed by atoms with Crippen LogP contribution in [0.3, 0.4) is 0 Å². The zero-order valence-electron chi connectivity index (χ0n) is 18.8. The first-order valence-corrected chi connectivity index (χ1v) is 11.1. The molecule has 2 aliphatic heterocycles. The molecule has 30 heavy (non-hydrogen) atoms. The van der Waals surface area contributed by atoms with E-state index in [0.29, 0.717) is 24.9 Å². The number of fused-ring (bicyclic) bond motifs is 1. The standard InChI is InChI=1S/C23H34N4O3/c1-22(2,3)30-21(28)27-11-7-15(8-12-27)17-6-10-24-20-18(17)25-19(26-20)16-9-13-29-23(4,5)14-16/h6,10,15-16H,7-9,11-14H2,1-5H3,(H,24,25,26)/t16-/m1/s1. The maximum absolute atomic E-state index is 12.4. The first-order valence-electron chi connectivity index (χ1n) is 11.1. The van der Waals surface area contributed by atoms with Crippen molar-refractivity contribution in [3.05, 3.63) is 23.7 Å². The van der Waals surface area contributed by atoms with Gasteiger partial charge in [-0.2, -0.15) is 0 Å². The summed E-state index contributed by atoms with van der Waals surface area (Å²) in [5, 5.41) is 0. The number of carbonyl (C=O) groups is 1. The van der Waals surface area contributed by atoms with Crippen molar-refractivity contribution >= 4 is 17.3 Å². The van der Waals surface area contributed by atoms with Gasteiger partial charge in [-0.3, -0.25) is 0 Å². The number of nitrogens with one attached hydrogen (secondary N) is 1. The fourth-order valence-electron chi connectivity index (χ4n) is 4.64. The Kier molecular flexibility index (Phi) is 5.51. The molecular formula is C23H34N4O3. The molecule has 0 saturated carbocycles. The zero-order valence-corrected chi connectivity index (χ0v) is 18.8. The van der Waals surface area contributed by atoms with Crippen molar-refractivity contribution in [3.8, 4) is 0 Å². The Labute approximate surface area is 178 Å². The number of likely N-dealkylation sites (tertiary alicyclic amines) is 1. The molecule has 0 radical (unpaired) electrons. The highest BCUT2D eigenvalue weighted by Gasteiger charge is 2.33. The molecule has 2 saturated heterocycles. The highest BCUT2D eigenvalue weighted by atomic mass is 16.6. The lowest BCUT2D eigenvalue weighted by Gasteiger charge is -2.34. The topological polar surface area (TPSA) is 80.3 Å². The minimum atomic E-state index is -0.463. The summed E-state index contributed by atoms with van der Waals surface area (Å²) in [5.41, 5.74) is 2.49. The van der Waals surface area contributed by atoms with Gasteiger partial charge in [0.05, 0.1) is 5.60 Å². The lowest BCUT2D eigenvalue weighted by Crippen LogP contribution is -2.41. The normalized spacial score (nSPS) is 23.0. The van der Waals surface area contributed by atoms with Gasteiger partial charge in [-0.25, -0.2) is 14.8 Å². The van der Waals surface area contributed by atoms with Crippen LogP contribution in [0.15, 0.2) is 12.3 Å². The number of imidazole rings is 1. The van der Waals surface area contributed by atoms with Crippen LogP contribution in [0.1, 0.15) is 83.5 Å². The molecule has 164 valence electrons. The summed E-state index contributed by atoms with van der Waals surface area (Å²) in [4.78, 5) is 27.2. The maximum atomic E-state index is 12.4. The Morgan fingerprint density at radius 1 is 1.23 bits per heavy atom. The summed E-state index contributed by atoms with van der Waals surface area (Å²) >= 11 is 0. The van der Waals surface area contributed by atoms with Crippen molar-refractivity contribution in [2.24, 2.45) is 0 Å². The second kappa shape index (κ2) is 7.84. The fraction of sp³-hybridized carbons (Fsp3) is 0.696. The van der Waals surface area contributed by atoms with E-state index in [0.717, 1.165) is 49.3 Å². The number of aromatic amines is 1. The molecule has 7 nitrogen and oxygen atoms in total. The van der Waals surface area contributed by atoms with E-state index in [1.807, 2.05) is 31.9 Å². The lowest BCUT2D eigenvalue weighted by molar-refractivity contribution is -0.0602. The van der Waals surface area contributed by atoms with Gasteiger partial charge in [-0.15, -0.1) is 0 Å². The van der Waals surface area contributed by atoms with Crippen LogP contribution < -0.4 is 0 Å². The minimum Gasteiger partial charge on any atom is -0.444 e. The van der Waals surface area contributed by atoms with Gasteiger partial charge in [0.2, 0.25) is 0 Å². The van der Waals surface area contributed by atoms with Crippen LogP contribution in [0.25, 0.3) is 11.2 Å². The number of amides is 1. The lowest BCUT2D eigenvalue weighted by atomic mass is 9.88. The summed E-state index contributed by atoms with van der Waals surface area (Å²) in [6, 6.07) is 2.09. The van der Waals surface area contributed by atoms with Crippen molar-refractivity contribution in [3.63, 3.8) is 0 Å². The van der Waals surface area contributed by atoms with E-state index in [9.17, 15) is 4.79 Å². The molecule has 1 atom stereocenters. The van der Waals surface area contributed by atoms with E-state index in [2.05, 4.69) is 29.9 Å². The molecule has 0 unspecified atom stereocenters. The Morgan fingerprint density at radius 3 is 2.63 bits per heavy atom. The van der Waals surface area contributed by atoms with Gasteiger partial charge in [0.25, 0.3) is 0 Å². The molecule has 2 aromatic heterocycles. The highest BCUT2D eigenvalue weighted by molar-refractivity contribution is 5.75. The molecule has 0 bridgehead atoms. The molecule has 0 spiro atoms. The Hall–Kier alpha value is -2.15. The summed E-state index contributed by atoms with van der Waals surface area (Å²) in [7, 11) is 0. The first kappa shape index (κ1) is 21.1. The molecular weight excluding hydrogens is 380 g/mol. The number of carbonyl (C=O) groups excluding carboxylic acids is 1. The van der Waals surface area contributed by atoms with Gasteiger partial charge in [0.1, 0.15) is 16.9 Å². The summed E-state index contributed by atoms with van der Waals surface area (Å²) in [6.45, 7) is 12.2. The van der Waals surface area contributed by atoms with Crippen LogP contribution in [0.5, 0.6) is 0 Å². The van der Waals surface area contributed by atoms with E-state index in [4.69, 9.17) is 14.5 Å². The fourth-order valence-corrected chi connectivity index (χ4v) is 4.64. The minimum absolute atomic E-state index is 0.118. The number of hydrogen-bond donors (Lipinski definition) is 1.